The van der Waals surface area contributed by atoms with Crippen molar-refractivity contribution >= 4 is 30.3 Å². The number of halogens is 1. The zero-order valence-corrected chi connectivity index (χ0v) is 18.7. The summed E-state index contributed by atoms with van der Waals surface area (Å²) in [6, 6.07) is 17.5. The lowest BCUT2D eigenvalue weighted by Gasteiger charge is -2.16. The third-order valence-electron chi connectivity index (χ3n) is 5.70. The third-order valence-corrected chi connectivity index (χ3v) is 7.20. The fraction of sp³-hybridized carbons (Fsp3) is 0.174. The molecule has 2 aliphatic rings. The van der Waals surface area contributed by atoms with Crippen LogP contribution in [-0.2, 0) is 28.8 Å². The molecule has 6 rings (SSSR count). The van der Waals surface area contributed by atoms with Crippen LogP contribution in [0.1, 0.15) is 22.4 Å². The van der Waals surface area contributed by atoms with Crippen LogP contribution >= 0.6 is 19.4 Å². The maximum Gasteiger partial charge on any atom is 0.589 e. The number of aromatic nitrogens is 2. The molecule has 2 aliphatic heterocycles. The molecule has 1 atom stereocenters. The van der Waals surface area contributed by atoms with Gasteiger partial charge in [0.1, 0.15) is 18.7 Å². The van der Waals surface area contributed by atoms with Crippen LogP contribution in [0.3, 0.4) is 0 Å². The van der Waals surface area contributed by atoms with E-state index < -0.39 is 7.82 Å². The van der Waals surface area contributed by atoms with Crippen molar-refractivity contribution in [3.63, 3.8) is 0 Å². The number of nitrogens with zero attached hydrogens (tertiary/aromatic N) is 2. The number of rotatable bonds is 5. The lowest BCUT2D eigenvalue weighted by Crippen LogP contribution is -2.09. The normalized spacial score (nSPS) is 18.4. The number of fused-ring (bicyclic) bond motifs is 2. The quantitative estimate of drug-likeness (QED) is 0.333. The summed E-state index contributed by atoms with van der Waals surface area (Å²) in [5.74, 6) is 0.853. The van der Waals surface area contributed by atoms with Crippen molar-refractivity contribution in [2.45, 2.75) is 26.7 Å². The maximum atomic E-state index is 12.9. The molecule has 0 saturated heterocycles. The summed E-state index contributed by atoms with van der Waals surface area (Å²) >= 11 is 6.00. The first kappa shape index (κ1) is 19.7. The number of hydrogen-bond acceptors (Lipinski definition) is 6. The average molecular weight is 469 g/mol. The zero-order chi connectivity index (χ0) is 21.9. The second-order valence-corrected chi connectivity index (χ2v) is 9.69. The monoisotopic (exact) mass is 468 g/mol. The Morgan fingerprint density at radius 2 is 1.88 bits per heavy atom. The molecule has 1 unspecified atom stereocenters. The molecule has 4 aromatic rings. The van der Waals surface area contributed by atoms with Crippen LogP contribution in [0.2, 0.25) is 5.02 Å². The molecule has 9 heteroatoms. The molecular formula is C23H18ClN2O5P. The van der Waals surface area contributed by atoms with E-state index in [0.717, 1.165) is 33.3 Å². The zero-order valence-electron chi connectivity index (χ0n) is 17.1. The lowest BCUT2D eigenvalue weighted by molar-refractivity contribution is 0.211. The van der Waals surface area contributed by atoms with E-state index in [-0.39, 0.29) is 19.1 Å². The van der Waals surface area contributed by atoms with Gasteiger partial charge in [0.2, 0.25) is 11.6 Å². The second kappa shape index (κ2) is 7.27. The number of hydrogen-bond donors (Lipinski definition) is 0. The van der Waals surface area contributed by atoms with Crippen molar-refractivity contribution in [1.29, 1.82) is 0 Å². The van der Waals surface area contributed by atoms with Gasteiger partial charge in [-0.25, -0.2) is 4.57 Å². The van der Waals surface area contributed by atoms with Gasteiger partial charge in [-0.1, -0.05) is 54.1 Å². The van der Waals surface area contributed by atoms with Gasteiger partial charge in [0.15, 0.2) is 0 Å². The SMILES string of the molecule is Cc1c2n(Cc3ccccc3)c3c(OCc4ccc(Cl)cc4)nc4c(c13)OP(=O)(OC2)O4. The molecule has 32 heavy (non-hydrogen) atoms. The molecule has 0 radical (unpaired) electrons. The van der Waals surface area contributed by atoms with Gasteiger partial charge in [-0.05, 0) is 35.7 Å². The van der Waals surface area contributed by atoms with Gasteiger partial charge >= 0.3 is 7.82 Å². The Kier molecular flexibility index (Phi) is 4.47. The molecular weight excluding hydrogens is 451 g/mol. The van der Waals surface area contributed by atoms with Crippen molar-refractivity contribution in [2.75, 3.05) is 0 Å². The molecule has 0 aliphatic carbocycles. The van der Waals surface area contributed by atoms with E-state index in [1.807, 2.05) is 49.4 Å². The van der Waals surface area contributed by atoms with Crippen molar-refractivity contribution in [3.8, 4) is 17.5 Å². The highest BCUT2D eigenvalue weighted by molar-refractivity contribution is 7.49. The summed E-state index contributed by atoms with van der Waals surface area (Å²) in [6.45, 7) is 2.95. The third kappa shape index (κ3) is 3.16. The van der Waals surface area contributed by atoms with E-state index in [1.54, 1.807) is 0 Å². The molecule has 2 aromatic carbocycles. The number of pyridine rings is 1. The topological polar surface area (TPSA) is 71.8 Å². The largest absolute Gasteiger partial charge is 0.589 e. The molecule has 0 amide bonds. The molecule has 0 saturated carbocycles. The molecule has 0 spiro atoms. The summed E-state index contributed by atoms with van der Waals surface area (Å²) < 4.78 is 37.9. The number of ether oxygens (including phenoxy) is 1. The smallest absolute Gasteiger partial charge is 0.471 e. The molecule has 162 valence electrons. The van der Waals surface area contributed by atoms with Crippen molar-refractivity contribution in [2.24, 2.45) is 0 Å². The van der Waals surface area contributed by atoms with Crippen LogP contribution in [0.25, 0.3) is 10.9 Å². The Labute approximate surface area is 189 Å². The van der Waals surface area contributed by atoms with Gasteiger partial charge in [-0.2, -0.15) is 4.98 Å². The van der Waals surface area contributed by atoms with Crippen molar-refractivity contribution in [1.82, 2.24) is 9.55 Å². The van der Waals surface area contributed by atoms with Crippen LogP contribution in [0, 0.1) is 6.92 Å². The van der Waals surface area contributed by atoms with Gasteiger partial charge in [0.05, 0.1) is 5.39 Å². The molecule has 4 bridgehead atoms. The van der Waals surface area contributed by atoms with Crippen molar-refractivity contribution < 1.29 is 22.9 Å². The molecule has 2 aromatic heterocycles. The van der Waals surface area contributed by atoms with Crippen LogP contribution in [0.4, 0.5) is 0 Å². The first-order chi connectivity index (χ1) is 15.5. The molecule has 4 heterocycles. The number of aryl methyl sites for hydroxylation is 1. The Balaban J connectivity index is 1.52. The van der Waals surface area contributed by atoms with E-state index >= 15 is 0 Å². The fourth-order valence-corrected chi connectivity index (χ4v) is 5.41. The number of phosphoric ester groups is 1. The Morgan fingerprint density at radius 3 is 2.66 bits per heavy atom. The van der Waals surface area contributed by atoms with Gasteiger partial charge in [0, 0.05) is 17.3 Å². The number of phosphoric acid groups is 1. The average Bonchev–Trinajstić information content (AvgIpc) is 3.27. The minimum atomic E-state index is -3.76. The minimum absolute atomic E-state index is 0.0912. The Bertz CT molecular complexity index is 1400. The van der Waals surface area contributed by atoms with E-state index in [9.17, 15) is 4.57 Å². The molecule has 7 nitrogen and oxygen atoms in total. The second-order valence-electron chi connectivity index (χ2n) is 7.74. The van der Waals surface area contributed by atoms with Crippen LogP contribution in [0.15, 0.2) is 54.6 Å². The van der Waals surface area contributed by atoms with Gasteiger partial charge in [-0.3, -0.25) is 4.52 Å². The fourth-order valence-electron chi connectivity index (χ4n) is 4.13. The minimum Gasteiger partial charge on any atom is -0.471 e. The summed E-state index contributed by atoms with van der Waals surface area (Å²) in [4.78, 5) is 4.53. The summed E-state index contributed by atoms with van der Waals surface area (Å²) in [6.07, 6.45) is 0. The lowest BCUT2D eigenvalue weighted by atomic mass is 10.1. The molecule has 0 N–H and O–H groups in total. The Hall–Kier alpha value is -2.99. The van der Waals surface area contributed by atoms with E-state index in [0.29, 0.717) is 23.2 Å². The standard InChI is InChI=1S/C23H18ClN2O5P/c1-14-18-13-29-32(27)30-21-19(14)20(26(18)11-15-5-3-2-4-6-15)22(25-23(21)31-32)28-12-16-7-9-17(24)10-8-16/h2-10H,11-13H2,1H3. The first-order valence-electron chi connectivity index (χ1n) is 10.1. The van der Waals surface area contributed by atoms with Gasteiger partial charge in [-0.15, -0.1) is 0 Å². The van der Waals surface area contributed by atoms with Crippen LogP contribution in [0.5, 0.6) is 17.5 Å². The van der Waals surface area contributed by atoms with Crippen LogP contribution < -0.4 is 13.8 Å². The van der Waals surface area contributed by atoms with E-state index in [4.69, 9.17) is 29.9 Å². The first-order valence-corrected chi connectivity index (χ1v) is 12.0. The highest BCUT2D eigenvalue weighted by atomic mass is 35.5. The molecule has 0 fully saturated rings. The summed E-state index contributed by atoms with van der Waals surface area (Å²) in [5, 5.41) is 1.44. The number of benzene rings is 2. The highest BCUT2D eigenvalue weighted by Crippen LogP contribution is 2.63. The maximum absolute atomic E-state index is 12.9. The summed E-state index contributed by atoms with van der Waals surface area (Å²) in [7, 11) is -3.76. The van der Waals surface area contributed by atoms with Crippen molar-refractivity contribution in [3.05, 3.63) is 82.0 Å². The van der Waals surface area contributed by atoms with E-state index in [1.165, 1.54) is 0 Å². The highest BCUT2D eigenvalue weighted by Gasteiger charge is 2.45. The van der Waals surface area contributed by atoms with E-state index in [2.05, 4.69) is 21.7 Å². The Morgan fingerprint density at radius 1 is 1.09 bits per heavy atom. The summed E-state index contributed by atoms with van der Waals surface area (Å²) in [5.41, 5.74) is 4.66. The van der Waals surface area contributed by atoms with Crippen LogP contribution in [-0.4, -0.2) is 9.55 Å². The predicted octanol–water partition coefficient (Wildman–Crippen LogP) is 6.03. The van der Waals surface area contributed by atoms with Gasteiger partial charge < -0.3 is 18.4 Å². The van der Waals surface area contributed by atoms with Gasteiger partial charge in [0.25, 0.3) is 5.88 Å². The predicted molar refractivity (Wildman–Crippen MR) is 119 cm³/mol.